The molecule has 0 heterocycles. The maximum Gasteiger partial charge on any atom is 0.320 e. The lowest BCUT2D eigenvalue weighted by Gasteiger charge is -2.13. The molecule has 1 unspecified atom stereocenters. The zero-order chi connectivity index (χ0) is 11.3. The number of rotatable bonds is 6. The second-order valence-corrected chi connectivity index (χ2v) is 2.96. The average Bonchev–Trinajstić information content (AvgIpc) is 2.03. The predicted octanol–water partition coefficient (Wildman–Crippen LogP) is -1.07. The van der Waals surface area contributed by atoms with E-state index in [4.69, 9.17) is 21.7 Å². The largest absolute Gasteiger partial charge is 0.480 e. The van der Waals surface area contributed by atoms with Crippen molar-refractivity contribution in [3.63, 3.8) is 0 Å². The zero-order valence-electron chi connectivity index (χ0n) is 7.39. The van der Waals surface area contributed by atoms with E-state index in [-0.39, 0.29) is 0 Å². The van der Waals surface area contributed by atoms with E-state index >= 15 is 0 Å². The Kier molecular flexibility index (Phi) is 5.03. The van der Waals surface area contributed by atoms with Gasteiger partial charge in [-0.2, -0.15) is 0 Å². The van der Waals surface area contributed by atoms with Crippen molar-refractivity contribution in [3.05, 3.63) is 0 Å². The van der Waals surface area contributed by atoms with Crippen molar-refractivity contribution in [2.45, 2.75) is 31.1 Å². The van der Waals surface area contributed by atoms with Gasteiger partial charge in [-0.1, -0.05) is 0 Å². The third-order valence-electron chi connectivity index (χ3n) is 1.65. The summed E-state index contributed by atoms with van der Waals surface area (Å²) in [5, 5.41) is 16.7. The van der Waals surface area contributed by atoms with Crippen LogP contribution >= 0.6 is 0 Å². The Labute approximate surface area is 79.7 Å². The maximum absolute atomic E-state index is 12.9. The van der Waals surface area contributed by atoms with Crippen LogP contribution in [0.3, 0.4) is 0 Å². The number of hydrogen-bond donors (Lipinski definition) is 4. The van der Waals surface area contributed by atoms with Gasteiger partial charge in [0.15, 0.2) is 0 Å². The lowest BCUT2D eigenvalue weighted by Crippen LogP contribution is -2.37. The molecule has 3 atom stereocenters. The van der Waals surface area contributed by atoms with Gasteiger partial charge in [0, 0.05) is 12.8 Å². The first-order valence-corrected chi connectivity index (χ1v) is 3.95. The van der Waals surface area contributed by atoms with Gasteiger partial charge in [-0.05, 0) is 0 Å². The summed E-state index contributed by atoms with van der Waals surface area (Å²) in [4.78, 5) is 20.4. The van der Waals surface area contributed by atoms with Crippen LogP contribution in [-0.2, 0) is 9.59 Å². The minimum atomic E-state index is -1.62. The number of carboxylic acids is 2. The molecule has 0 radical (unpaired) electrons. The van der Waals surface area contributed by atoms with Crippen LogP contribution in [-0.4, -0.2) is 40.4 Å². The van der Waals surface area contributed by atoms with Gasteiger partial charge in [0.25, 0.3) is 0 Å². The summed E-state index contributed by atoms with van der Waals surface area (Å²) in [5.41, 5.74) is 10.1. The lowest BCUT2D eigenvalue weighted by molar-refractivity contribution is -0.139. The van der Waals surface area contributed by atoms with E-state index in [0.29, 0.717) is 0 Å². The highest BCUT2D eigenvalue weighted by molar-refractivity contribution is 5.74. The Hall–Kier alpha value is -1.21. The highest BCUT2D eigenvalue weighted by Gasteiger charge is 2.22. The quantitative estimate of drug-likeness (QED) is 0.440. The first-order valence-electron chi connectivity index (χ1n) is 3.95. The van der Waals surface area contributed by atoms with Crippen molar-refractivity contribution in [2.24, 2.45) is 11.5 Å². The first kappa shape index (κ1) is 12.8. The molecule has 0 aliphatic heterocycles. The van der Waals surface area contributed by atoms with Gasteiger partial charge in [0.05, 0.1) is 0 Å². The molecule has 0 aliphatic carbocycles. The predicted molar refractivity (Wildman–Crippen MR) is 45.4 cm³/mol. The topological polar surface area (TPSA) is 127 Å². The number of aliphatic carboxylic acids is 2. The summed E-state index contributed by atoms with van der Waals surface area (Å²) in [6, 6.07) is -2.66. The third-order valence-corrected chi connectivity index (χ3v) is 1.65. The van der Waals surface area contributed by atoms with E-state index in [1.807, 2.05) is 0 Å². The Balaban J connectivity index is 3.92. The van der Waals surface area contributed by atoms with E-state index < -0.39 is 43.0 Å². The molecule has 0 amide bonds. The lowest BCUT2D eigenvalue weighted by atomic mass is 10.0. The fourth-order valence-corrected chi connectivity index (χ4v) is 0.849. The number of nitrogens with two attached hydrogens (primary N) is 2. The van der Waals surface area contributed by atoms with E-state index in [9.17, 15) is 14.0 Å². The van der Waals surface area contributed by atoms with Crippen LogP contribution < -0.4 is 11.5 Å². The van der Waals surface area contributed by atoms with Crippen LogP contribution in [0.1, 0.15) is 12.8 Å². The molecule has 6 N–H and O–H groups in total. The standard InChI is InChI=1S/C7H13FN2O4/c8-3(1-4(9)6(11)12)2-5(10)7(13)14/h3-5H,1-2,9-10H2,(H,11,12)(H,13,14)/t3?,4-,5+. The highest BCUT2D eigenvalue weighted by Crippen LogP contribution is 2.08. The van der Waals surface area contributed by atoms with Gasteiger partial charge in [-0.25, -0.2) is 4.39 Å². The number of hydrogen-bond acceptors (Lipinski definition) is 4. The number of carbonyl (C=O) groups is 2. The van der Waals surface area contributed by atoms with E-state index in [0.717, 1.165) is 0 Å². The molecule has 7 heteroatoms. The van der Waals surface area contributed by atoms with E-state index in [1.54, 1.807) is 0 Å². The normalized spacial score (nSPS) is 17.1. The number of alkyl halides is 1. The van der Waals surface area contributed by atoms with Crippen molar-refractivity contribution in [2.75, 3.05) is 0 Å². The summed E-state index contributed by atoms with van der Waals surface area (Å²) in [6.45, 7) is 0. The molecule has 0 aliphatic rings. The van der Waals surface area contributed by atoms with Crippen molar-refractivity contribution in [1.29, 1.82) is 0 Å². The van der Waals surface area contributed by atoms with Gasteiger partial charge >= 0.3 is 11.9 Å². The number of carboxylic acid groups (broad SMARTS) is 2. The molecular formula is C7H13FN2O4. The van der Waals surface area contributed by atoms with Crippen LogP contribution in [0, 0.1) is 0 Å². The molecule has 0 saturated carbocycles. The van der Waals surface area contributed by atoms with Crippen molar-refractivity contribution in [3.8, 4) is 0 Å². The Bertz CT molecular complexity index is 202. The summed E-state index contributed by atoms with van der Waals surface area (Å²) in [5.74, 6) is -2.65. The van der Waals surface area contributed by atoms with Crippen LogP contribution in [0.4, 0.5) is 4.39 Å². The zero-order valence-corrected chi connectivity index (χ0v) is 7.39. The Morgan fingerprint density at radius 3 is 1.57 bits per heavy atom. The van der Waals surface area contributed by atoms with Crippen molar-refractivity contribution >= 4 is 11.9 Å². The summed E-state index contributed by atoms with van der Waals surface area (Å²) in [7, 11) is 0. The Morgan fingerprint density at radius 1 is 1.07 bits per heavy atom. The molecule has 0 spiro atoms. The smallest absolute Gasteiger partial charge is 0.320 e. The molecule has 0 bridgehead atoms. The van der Waals surface area contributed by atoms with Gasteiger partial charge in [-0.3, -0.25) is 9.59 Å². The van der Waals surface area contributed by atoms with Crippen LogP contribution in [0.15, 0.2) is 0 Å². The molecular weight excluding hydrogens is 195 g/mol. The fraction of sp³-hybridized carbons (Fsp3) is 0.714. The minimum Gasteiger partial charge on any atom is -0.480 e. The summed E-state index contributed by atoms with van der Waals surface area (Å²) >= 11 is 0. The molecule has 0 saturated heterocycles. The second kappa shape index (κ2) is 5.51. The van der Waals surface area contributed by atoms with Crippen LogP contribution in [0.5, 0.6) is 0 Å². The summed E-state index contributed by atoms with van der Waals surface area (Å²) < 4.78 is 12.9. The first-order chi connectivity index (χ1) is 6.34. The second-order valence-electron chi connectivity index (χ2n) is 2.96. The van der Waals surface area contributed by atoms with E-state index in [1.165, 1.54) is 0 Å². The molecule has 14 heavy (non-hydrogen) atoms. The monoisotopic (exact) mass is 208 g/mol. The molecule has 82 valence electrons. The fourth-order valence-electron chi connectivity index (χ4n) is 0.849. The minimum absolute atomic E-state index is 0.434. The molecule has 6 nitrogen and oxygen atoms in total. The molecule has 0 rings (SSSR count). The molecule has 0 fully saturated rings. The van der Waals surface area contributed by atoms with Gasteiger partial charge in [-0.15, -0.1) is 0 Å². The molecule has 0 aromatic rings. The van der Waals surface area contributed by atoms with Gasteiger partial charge in [0.1, 0.15) is 18.3 Å². The van der Waals surface area contributed by atoms with Crippen molar-refractivity contribution < 1.29 is 24.2 Å². The SMILES string of the molecule is N[C@H](CC(F)C[C@H](N)C(=O)O)C(=O)O. The average molecular weight is 208 g/mol. The molecule has 0 aromatic carbocycles. The molecule has 0 aromatic heterocycles. The van der Waals surface area contributed by atoms with Crippen LogP contribution in [0.2, 0.25) is 0 Å². The number of halogens is 1. The van der Waals surface area contributed by atoms with Gasteiger partial charge < -0.3 is 21.7 Å². The maximum atomic E-state index is 12.9. The van der Waals surface area contributed by atoms with Crippen molar-refractivity contribution in [1.82, 2.24) is 0 Å². The van der Waals surface area contributed by atoms with E-state index in [2.05, 4.69) is 0 Å². The van der Waals surface area contributed by atoms with Gasteiger partial charge in [0.2, 0.25) is 0 Å². The third kappa shape index (κ3) is 4.73. The Morgan fingerprint density at radius 2 is 1.36 bits per heavy atom. The summed E-state index contributed by atoms with van der Waals surface area (Å²) in [6.07, 6.45) is -2.49. The highest BCUT2D eigenvalue weighted by atomic mass is 19.1. The van der Waals surface area contributed by atoms with Crippen LogP contribution in [0.25, 0.3) is 0 Å².